The molecule has 1 N–H and O–H groups in total. The molecule has 1 aliphatic heterocycles. The Bertz CT molecular complexity index is 580. The van der Waals surface area contributed by atoms with Gasteiger partial charge in [0.05, 0.1) is 16.9 Å². The predicted molar refractivity (Wildman–Crippen MR) is 75.5 cm³/mol. The van der Waals surface area contributed by atoms with Crippen molar-refractivity contribution in [3.63, 3.8) is 0 Å². The molecule has 2 rings (SSSR count). The van der Waals surface area contributed by atoms with Gasteiger partial charge in [-0.2, -0.15) is 0 Å². The highest BCUT2D eigenvalue weighted by atomic mass is 16.6. The Morgan fingerprint density at radius 3 is 2.64 bits per heavy atom. The first kappa shape index (κ1) is 15.7. The number of piperidine rings is 1. The fraction of sp³-hybridized carbons (Fsp3) is 0.429. The van der Waals surface area contributed by atoms with E-state index in [0.717, 1.165) is 0 Å². The van der Waals surface area contributed by atoms with Gasteiger partial charge in [-0.3, -0.25) is 19.7 Å². The summed E-state index contributed by atoms with van der Waals surface area (Å²) in [5, 5.41) is 19.6. The topological polar surface area (TPSA) is 110 Å². The first-order valence-electron chi connectivity index (χ1n) is 6.85. The van der Waals surface area contributed by atoms with Gasteiger partial charge in [0, 0.05) is 19.2 Å². The number of carbonyl (C=O) groups is 2. The molecule has 0 spiro atoms. The number of carbonyl (C=O) groups excluding carboxylic acids is 1. The zero-order chi connectivity index (χ0) is 16.1. The summed E-state index contributed by atoms with van der Waals surface area (Å²) >= 11 is 0. The molecule has 1 aliphatic rings. The number of likely N-dealkylation sites (tertiary alicyclic amines) is 1. The van der Waals surface area contributed by atoms with Crippen LogP contribution in [0, 0.1) is 16.0 Å². The zero-order valence-electron chi connectivity index (χ0n) is 11.8. The summed E-state index contributed by atoms with van der Waals surface area (Å²) in [6.45, 7) is 0.543. The molecule has 1 fully saturated rings. The van der Waals surface area contributed by atoms with Crippen molar-refractivity contribution in [2.24, 2.45) is 5.92 Å². The Kier molecular flexibility index (Phi) is 4.92. The minimum Gasteiger partial charge on any atom is -0.484 e. The minimum atomic E-state index is -0.833. The van der Waals surface area contributed by atoms with Crippen LogP contribution in [0.4, 0.5) is 5.69 Å². The molecule has 0 atom stereocenters. The number of nitrogens with zero attached hydrogens (tertiary/aromatic N) is 2. The average Bonchev–Trinajstić information content (AvgIpc) is 2.53. The lowest BCUT2D eigenvalue weighted by atomic mass is 9.97. The van der Waals surface area contributed by atoms with Gasteiger partial charge in [-0.25, -0.2) is 0 Å². The van der Waals surface area contributed by atoms with Crippen LogP contribution in [0.1, 0.15) is 12.8 Å². The standard InChI is InChI=1S/C14H16N2O6/c17-13(15-6-4-10(5-7-15)14(18)19)9-22-12-3-1-2-11(8-12)16(20)21/h1-3,8,10H,4-7,9H2,(H,18,19). The quantitative estimate of drug-likeness (QED) is 0.648. The summed E-state index contributed by atoms with van der Waals surface area (Å²) in [4.78, 5) is 34.5. The van der Waals surface area contributed by atoms with Crippen molar-refractivity contribution in [1.29, 1.82) is 0 Å². The predicted octanol–water partition coefficient (Wildman–Crippen LogP) is 1.30. The van der Waals surface area contributed by atoms with E-state index in [-0.39, 0.29) is 24.0 Å². The van der Waals surface area contributed by atoms with E-state index in [9.17, 15) is 19.7 Å². The second-order valence-corrected chi connectivity index (χ2v) is 5.04. The Hall–Kier alpha value is -2.64. The van der Waals surface area contributed by atoms with Crippen LogP contribution < -0.4 is 4.74 Å². The number of carboxylic acids is 1. The number of carboxylic acid groups (broad SMARTS) is 1. The smallest absolute Gasteiger partial charge is 0.306 e. The highest BCUT2D eigenvalue weighted by Crippen LogP contribution is 2.20. The maximum Gasteiger partial charge on any atom is 0.306 e. The molecule has 1 saturated heterocycles. The Labute approximate surface area is 126 Å². The number of ether oxygens (including phenoxy) is 1. The van der Waals surface area contributed by atoms with Gasteiger partial charge >= 0.3 is 5.97 Å². The third kappa shape index (κ3) is 3.94. The molecular formula is C14H16N2O6. The summed E-state index contributed by atoms with van der Waals surface area (Å²) in [5.74, 6) is -1.24. The van der Waals surface area contributed by atoms with Gasteiger partial charge < -0.3 is 14.7 Å². The Balaban J connectivity index is 1.84. The monoisotopic (exact) mass is 308 g/mol. The number of nitro groups is 1. The van der Waals surface area contributed by atoms with Crippen LogP contribution in [0.25, 0.3) is 0 Å². The number of amides is 1. The molecule has 0 saturated carbocycles. The van der Waals surface area contributed by atoms with Gasteiger partial charge in [-0.1, -0.05) is 6.07 Å². The number of benzene rings is 1. The lowest BCUT2D eigenvalue weighted by molar-refractivity contribution is -0.384. The van der Waals surface area contributed by atoms with E-state index in [0.29, 0.717) is 25.9 Å². The molecule has 118 valence electrons. The molecule has 0 bridgehead atoms. The van der Waals surface area contributed by atoms with Gasteiger partial charge in [0.1, 0.15) is 5.75 Å². The van der Waals surface area contributed by atoms with Crippen molar-refractivity contribution in [2.75, 3.05) is 19.7 Å². The van der Waals surface area contributed by atoms with Crippen LogP contribution in [0.2, 0.25) is 0 Å². The number of aliphatic carboxylic acids is 1. The molecule has 1 amide bonds. The second-order valence-electron chi connectivity index (χ2n) is 5.04. The van der Waals surface area contributed by atoms with Crippen LogP contribution in [0.5, 0.6) is 5.75 Å². The first-order chi connectivity index (χ1) is 10.5. The second kappa shape index (κ2) is 6.88. The van der Waals surface area contributed by atoms with Gasteiger partial charge in [0.15, 0.2) is 6.61 Å². The van der Waals surface area contributed by atoms with Crippen LogP contribution in [-0.2, 0) is 9.59 Å². The highest BCUT2D eigenvalue weighted by Gasteiger charge is 2.27. The molecule has 8 heteroatoms. The van der Waals surface area contributed by atoms with E-state index >= 15 is 0 Å². The minimum absolute atomic E-state index is 0.104. The van der Waals surface area contributed by atoms with Gasteiger partial charge in [0.25, 0.3) is 11.6 Å². The fourth-order valence-electron chi connectivity index (χ4n) is 2.30. The van der Waals surface area contributed by atoms with Gasteiger partial charge in [-0.05, 0) is 18.9 Å². The summed E-state index contributed by atoms with van der Waals surface area (Å²) in [6.07, 6.45) is 0.857. The molecule has 0 aromatic heterocycles. The van der Waals surface area contributed by atoms with Crippen molar-refractivity contribution in [1.82, 2.24) is 4.90 Å². The van der Waals surface area contributed by atoms with Crippen molar-refractivity contribution in [3.8, 4) is 5.75 Å². The maximum absolute atomic E-state index is 12.0. The molecule has 0 radical (unpaired) electrons. The Morgan fingerprint density at radius 1 is 1.36 bits per heavy atom. The lowest BCUT2D eigenvalue weighted by Gasteiger charge is -2.30. The SMILES string of the molecule is O=C(O)C1CCN(C(=O)COc2cccc([N+](=O)[O-])c2)CC1. The lowest BCUT2D eigenvalue weighted by Crippen LogP contribution is -2.42. The summed E-state index contributed by atoms with van der Waals surface area (Å²) in [5.41, 5.74) is -0.104. The summed E-state index contributed by atoms with van der Waals surface area (Å²) in [7, 11) is 0. The van der Waals surface area contributed by atoms with Crippen LogP contribution in [0.3, 0.4) is 0 Å². The van der Waals surface area contributed by atoms with Gasteiger partial charge in [0.2, 0.25) is 0 Å². The van der Waals surface area contributed by atoms with Crippen LogP contribution in [-0.4, -0.2) is 46.5 Å². The number of rotatable bonds is 5. The Morgan fingerprint density at radius 2 is 2.05 bits per heavy atom. The van der Waals surface area contributed by atoms with Crippen LogP contribution >= 0.6 is 0 Å². The number of non-ortho nitro benzene ring substituents is 1. The number of hydrogen-bond acceptors (Lipinski definition) is 5. The number of nitro benzene ring substituents is 1. The molecule has 1 aromatic rings. The molecule has 0 aliphatic carbocycles. The normalized spacial score (nSPS) is 15.4. The zero-order valence-corrected chi connectivity index (χ0v) is 11.8. The number of hydrogen-bond donors (Lipinski definition) is 1. The maximum atomic E-state index is 12.0. The highest BCUT2D eigenvalue weighted by molar-refractivity contribution is 5.78. The van der Waals surface area contributed by atoms with Gasteiger partial charge in [-0.15, -0.1) is 0 Å². The molecule has 1 aromatic carbocycles. The molecule has 1 heterocycles. The molecule has 22 heavy (non-hydrogen) atoms. The van der Waals surface area contributed by atoms with Crippen molar-refractivity contribution in [2.45, 2.75) is 12.8 Å². The summed E-state index contributed by atoms with van der Waals surface area (Å²) in [6, 6.07) is 5.61. The van der Waals surface area contributed by atoms with E-state index in [1.54, 1.807) is 4.90 Å². The largest absolute Gasteiger partial charge is 0.484 e. The molecule has 0 unspecified atom stereocenters. The fourth-order valence-corrected chi connectivity index (χ4v) is 2.30. The summed E-state index contributed by atoms with van der Waals surface area (Å²) < 4.78 is 5.27. The van der Waals surface area contributed by atoms with E-state index in [1.807, 2.05) is 0 Å². The van der Waals surface area contributed by atoms with E-state index < -0.39 is 16.8 Å². The third-order valence-electron chi connectivity index (χ3n) is 3.59. The average molecular weight is 308 g/mol. The van der Waals surface area contributed by atoms with E-state index in [1.165, 1.54) is 24.3 Å². The van der Waals surface area contributed by atoms with Crippen molar-refractivity contribution in [3.05, 3.63) is 34.4 Å². The molecule has 8 nitrogen and oxygen atoms in total. The van der Waals surface area contributed by atoms with Crippen molar-refractivity contribution >= 4 is 17.6 Å². The van der Waals surface area contributed by atoms with Crippen LogP contribution in [0.15, 0.2) is 24.3 Å². The molecular weight excluding hydrogens is 292 g/mol. The third-order valence-corrected chi connectivity index (χ3v) is 3.59. The first-order valence-corrected chi connectivity index (χ1v) is 6.85. The van der Waals surface area contributed by atoms with E-state index in [4.69, 9.17) is 9.84 Å². The van der Waals surface area contributed by atoms with Crippen molar-refractivity contribution < 1.29 is 24.4 Å². The van der Waals surface area contributed by atoms with E-state index in [2.05, 4.69) is 0 Å².